The van der Waals surface area contributed by atoms with Crippen LogP contribution in [0.25, 0.3) is 0 Å². The van der Waals surface area contributed by atoms with Crippen molar-refractivity contribution in [1.29, 1.82) is 0 Å². The molecule has 0 spiro atoms. The number of nitrogens with two attached hydrogens (primary N) is 1. The number of rotatable bonds is 4. The predicted octanol–water partition coefficient (Wildman–Crippen LogP) is -0.186. The summed E-state index contributed by atoms with van der Waals surface area (Å²) in [5.41, 5.74) is 2.44. The Hall–Kier alpha value is -1.67. The van der Waals surface area contributed by atoms with Crippen LogP contribution in [0.4, 0.5) is 17.8 Å². The molecule has 1 fully saturated rings. The Kier molecular flexibility index (Phi) is 4.11. The second-order valence-electron chi connectivity index (χ2n) is 4.38. The predicted molar refractivity (Wildman–Crippen MR) is 69.4 cm³/mol. The molecule has 0 aromatic carbocycles. The van der Waals surface area contributed by atoms with Crippen molar-refractivity contribution < 1.29 is 4.74 Å². The number of anilines is 3. The summed E-state index contributed by atoms with van der Waals surface area (Å²) in [5, 5.41) is 3.24. The Morgan fingerprint density at radius 1 is 1.28 bits per heavy atom. The molecule has 2 rings (SSSR count). The molecule has 4 N–H and O–H groups in total. The first-order valence-corrected chi connectivity index (χ1v) is 5.93. The Morgan fingerprint density at radius 2 is 2.06 bits per heavy atom. The van der Waals surface area contributed by atoms with E-state index in [2.05, 4.69) is 25.7 Å². The lowest BCUT2D eigenvalue weighted by Gasteiger charge is -2.23. The molecule has 0 aliphatic carbocycles. The van der Waals surface area contributed by atoms with Gasteiger partial charge in [-0.1, -0.05) is 0 Å². The number of hydrogen-bond acceptors (Lipinski definition) is 8. The normalized spacial score (nSPS) is 19.4. The maximum Gasteiger partial charge on any atom is 0.243 e. The Balaban J connectivity index is 2.12. The van der Waals surface area contributed by atoms with E-state index in [1.165, 1.54) is 0 Å². The maximum absolute atomic E-state index is 5.40. The topological polar surface area (TPSA) is 101 Å². The molecule has 100 valence electrons. The number of nitrogen functional groups attached to an aromatic ring is 1. The van der Waals surface area contributed by atoms with E-state index < -0.39 is 0 Å². The Labute approximate surface area is 106 Å². The average molecular weight is 253 g/mol. The van der Waals surface area contributed by atoms with E-state index >= 15 is 0 Å². The third-order valence-corrected chi connectivity index (χ3v) is 2.65. The van der Waals surface area contributed by atoms with Crippen LogP contribution in [0, 0.1) is 0 Å². The highest BCUT2D eigenvalue weighted by Crippen LogP contribution is 2.14. The molecule has 1 aliphatic heterocycles. The van der Waals surface area contributed by atoms with Gasteiger partial charge in [-0.05, 0) is 12.8 Å². The third kappa shape index (κ3) is 3.17. The van der Waals surface area contributed by atoms with Crippen LogP contribution in [0.2, 0.25) is 0 Å². The number of nitrogens with one attached hydrogen (secondary N) is 2. The fraction of sp³-hybridized carbons (Fsp3) is 0.700. The fourth-order valence-electron chi connectivity index (χ4n) is 1.73. The summed E-state index contributed by atoms with van der Waals surface area (Å²) < 4.78 is 5.40. The molecule has 1 aromatic heterocycles. The third-order valence-electron chi connectivity index (χ3n) is 2.65. The minimum absolute atomic E-state index is 0.238. The average Bonchev–Trinajstić information content (AvgIpc) is 2.39. The van der Waals surface area contributed by atoms with Gasteiger partial charge >= 0.3 is 0 Å². The number of hydrogen-bond donors (Lipinski definition) is 3. The lowest BCUT2D eigenvalue weighted by molar-refractivity contribution is 0.0874. The first-order valence-electron chi connectivity index (χ1n) is 5.93. The molecule has 0 bridgehead atoms. The standard InChI is InChI=1S/C10H19N7O/c1-17(2)10-14-8(13-9(15-10)16-11)12-7-4-3-5-18-6-7/h7H,3-6,11H2,1-2H3,(H2,12,13,14,15,16). The van der Waals surface area contributed by atoms with Gasteiger partial charge in [0.1, 0.15) is 0 Å². The van der Waals surface area contributed by atoms with Gasteiger partial charge in [-0.3, -0.25) is 5.43 Å². The second-order valence-corrected chi connectivity index (χ2v) is 4.38. The maximum atomic E-state index is 5.40. The Morgan fingerprint density at radius 3 is 2.67 bits per heavy atom. The molecular weight excluding hydrogens is 234 g/mol. The van der Waals surface area contributed by atoms with E-state index in [1.807, 2.05) is 14.1 Å². The van der Waals surface area contributed by atoms with Gasteiger partial charge in [-0.2, -0.15) is 15.0 Å². The van der Waals surface area contributed by atoms with Crippen molar-refractivity contribution in [2.75, 3.05) is 43.0 Å². The monoisotopic (exact) mass is 253 g/mol. The molecule has 0 saturated carbocycles. The van der Waals surface area contributed by atoms with Crippen molar-refractivity contribution in [3.05, 3.63) is 0 Å². The van der Waals surface area contributed by atoms with Gasteiger partial charge in [0, 0.05) is 20.7 Å². The van der Waals surface area contributed by atoms with Crippen molar-refractivity contribution in [3.63, 3.8) is 0 Å². The zero-order chi connectivity index (χ0) is 13.0. The molecule has 1 saturated heterocycles. The van der Waals surface area contributed by atoms with Crippen molar-refractivity contribution >= 4 is 17.8 Å². The van der Waals surface area contributed by atoms with E-state index in [0.29, 0.717) is 24.5 Å². The SMILES string of the molecule is CN(C)c1nc(NN)nc(NC2CCCOC2)n1. The van der Waals surface area contributed by atoms with Crippen molar-refractivity contribution in [2.45, 2.75) is 18.9 Å². The van der Waals surface area contributed by atoms with Crippen molar-refractivity contribution in [2.24, 2.45) is 5.84 Å². The molecule has 8 nitrogen and oxygen atoms in total. The van der Waals surface area contributed by atoms with Gasteiger partial charge in [-0.15, -0.1) is 0 Å². The first kappa shape index (κ1) is 12.8. The van der Waals surface area contributed by atoms with Crippen LogP contribution < -0.4 is 21.5 Å². The molecule has 18 heavy (non-hydrogen) atoms. The molecule has 2 heterocycles. The first-order chi connectivity index (χ1) is 8.69. The second kappa shape index (κ2) is 5.78. The summed E-state index contributed by atoms with van der Waals surface area (Å²) in [6.07, 6.45) is 2.10. The number of nitrogens with zero attached hydrogens (tertiary/aromatic N) is 4. The molecule has 1 aromatic rings. The van der Waals surface area contributed by atoms with Crippen LogP contribution in [-0.4, -0.2) is 48.3 Å². The summed E-state index contributed by atoms with van der Waals surface area (Å²) in [6.45, 7) is 1.50. The molecule has 1 atom stereocenters. The van der Waals surface area contributed by atoms with Crippen LogP contribution in [-0.2, 0) is 4.74 Å². The van der Waals surface area contributed by atoms with Gasteiger partial charge in [0.2, 0.25) is 17.8 Å². The quantitative estimate of drug-likeness (QED) is 0.501. The van der Waals surface area contributed by atoms with Crippen LogP contribution in [0.1, 0.15) is 12.8 Å². The van der Waals surface area contributed by atoms with Crippen LogP contribution in [0.15, 0.2) is 0 Å². The summed E-state index contributed by atoms with van der Waals surface area (Å²) in [6, 6.07) is 0.238. The van der Waals surface area contributed by atoms with Crippen LogP contribution >= 0.6 is 0 Å². The number of aromatic nitrogens is 3. The van der Waals surface area contributed by atoms with E-state index in [0.717, 1.165) is 19.4 Å². The van der Waals surface area contributed by atoms with Crippen LogP contribution in [0.5, 0.6) is 0 Å². The van der Waals surface area contributed by atoms with E-state index in [1.54, 1.807) is 4.90 Å². The fourth-order valence-corrected chi connectivity index (χ4v) is 1.73. The summed E-state index contributed by atoms with van der Waals surface area (Å²) in [4.78, 5) is 14.4. The van der Waals surface area contributed by atoms with E-state index in [4.69, 9.17) is 10.6 Å². The van der Waals surface area contributed by atoms with Gasteiger partial charge in [0.05, 0.1) is 12.6 Å². The highest BCUT2D eigenvalue weighted by molar-refractivity contribution is 5.42. The molecule has 0 radical (unpaired) electrons. The number of ether oxygens (including phenoxy) is 1. The molecule has 0 amide bonds. The minimum atomic E-state index is 0.238. The Bertz CT molecular complexity index is 392. The zero-order valence-electron chi connectivity index (χ0n) is 10.7. The van der Waals surface area contributed by atoms with Gasteiger partial charge in [0.25, 0.3) is 0 Å². The van der Waals surface area contributed by atoms with Crippen LogP contribution in [0.3, 0.4) is 0 Å². The zero-order valence-corrected chi connectivity index (χ0v) is 10.7. The lowest BCUT2D eigenvalue weighted by Crippen LogP contribution is -2.31. The molecular formula is C10H19N7O. The highest BCUT2D eigenvalue weighted by atomic mass is 16.5. The van der Waals surface area contributed by atoms with Gasteiger partial charge in [0.15, 0.2) is 0 Å². The summed E-state index contributed by atoms with van der Waals surface area (Å²) in [5.74, 6) is 6.75. The minimum Gasteiger partial charge on any atom is -0.379 e. The molecule has 1 aliphatic rings. The van der Waals surface area contributed by atoms with Crippen molar-refractivity contribution in [3.8, 4) is 0 Å². The van der Waals surface area contributed by atoms with E-state index in [-0.39, 0.29) is 6.04 Å². The smallest absolute Gasteiger partial charge is 0.243 e. The van der Waals surface area contributed by atoms with Gasteiger partial charge in [-0.25, -0.2) is 5.84 Å². The van der Waals surface area contributed by atoms with Crippen molar-refractivity contribution in [1.82, 2.24) is 15.0 Å². The number of hydrazine groups is 1. The highest BCUT2D eigenvalue weighted by Gasteiger charge is 2.16. The summed E-state index contributed by atoms with van der Waals surface area (Å²) in [7, 11) is 3.73. The molecule has 1 unspecified atom stereocenters. The van der Waals surface area contributed by atoms with Gasteiger partial charge < -0.3 is 15.0 Å². The lowest BCUT2D eigenvalue weighted by atomic mass is 10.1. The molecule has 8 heteroatoms. The van der Waals surface area contributed by atoms with E-state index in [9.17, 15) is 0 Å². The largest absolute Gasteiger partial charge is 0.379 e. The summed E-state index contributed by atoms with van der Waals surface area (Å²) >= 11 is 0.